The van der Waals surface area contributed by atoms with Crippen molar-refractivity contribution in [1.29, 1.82) is 0 Å². The number of aliphatic imine (C=N–C) groups is 1. The van der Waals surface area contributed by atoms with Crippen LogP contribution in [0.3, 0.4) is 0 Å². The first-order chi connectivity index (χ1) is 30.7. The van der Waals surface area contributed by atoms with Crippen LogP contribution in [0, 0.1) is 5.92 Å². The Morgan fingerprint density at radius 1 is 0.500 bits per heavy atom. The van der Waals surface area contributed by atoms with Gasteiger partial charge in [-0.1, -0.05) is 206 Å². The lowest BCUT2D eigenvalue weighted by Gasteiger charge is -2.40. The first-order valence-electron chi connectivity index (χ1n) is 21.6. The molecule has 8 aromatic rings. The average molecular weight is 795 g/mol. The summed E-state index contributed by atoms with van der Waals surface area (Å²) in [6, 6.07) is 72.0. The van der Waals surface area contributed by atoms with Crippen LogP contribution in [0.1, 0.15) is 51.4 Å². The largest absolute Gasteiger partial charge is 0.456 e. The minimum absolute atomic E-state index is 0.0672. The van der Waals surface area contributed by atoms with Gasteiger partial charge in [0.2, 0.25) is 0 Å². The first kappa shape index (κ1) is 36.1. The van der Waals surface area contributed by atoms with Crippen LogP contribution in [-0.2, 0) is 5.41 Å². The number of amidine groups is 1. The van der Waals surface area contributed by atoms with Gasteiger partial charge in [0.25, 0.3) is 0 Å². The molecule has 2 aliphatic carbocycles. The minimum atomic E-state index is -0.548. The van der Waals surface area contributed by atoms with Crippen molar-refractivity contribution in [2.45, 2.75) is 17.9 Å². The Hall–Kier alpha value is -7.75. The molecule has 0 saturated heterocycles. The predicted molar refractivity (Wildman–Crippen MR) is 254 cm³/mol. The molecule has 0 radical (unpaired) electrons. The average Bonchev–Trinajstić information content (AvgIpc) is 3.65. The van der Waals surface area contributed by atoms with E-state index in [-0.39, 0.29) is 12.0 Å². The molecule has 8 aromatic carbocycles. The van der Waals surface area contributed by atoms with Crippen molar-refractivity contribution in [3.05, 3.63) is 263 Å². The number of allylic oxidation sites excluding steroid dienone is 3. The fourth-order valence-corrected chi connectivity index (χ4v) is 10.4. The molecule has 0 amide bonds. The fourth-order valence-electron chi connectivity index (χ4n) is 10.4. The molecule has 0 fully saturated rings. The smallest absolute Gasteiger partial charge is 0.140 e. The number of nitrogens with zero attached hydrogens (tertiary/aromatic N) is 1. The topological polar surface area (TPSA) is 33.6 Å². The van der Waals surface area contributed by atoms with E-state index in [1.54, 1.807) is 0 Å². The van der Waals surface area contributed by atoms with Crippen molar-refractivity contribution in [1.82, 2.24) is 5.32 Å². The summed E-state index contributed by atoms with van der Waals surface area (Å²) in [5.74, 6) is 2.78. The van der Waals surface area contributed by atoms with Crippen molar-refractivity contribution in [2.75, 3.05) is 0 Å². The molecule has 1 N–H and O–H groups in total. The molecule has 294 valence electrons. The number of hydrogen-bond donors (Lipinski definition) is 1. The third-order valence-corrected chi connectivity index (χ3v) is 13.2. The highest BCUT2D eigenvalue weighted by atomic mass is 16.5. The number of nitrogens with one attached hydrogen (secondary N) is 1. The number of para-hydroxylation sites is 2. The SMILES string of the molecule is C1=CC(C2=NC(c3ccccc3-c3cccc4c3Oc3ccccc3C43c4ccccc4-c4ccccc43)=CC(c3cccc(-c4ccccc4)c3)N2)CC(c2ccccc2)=C1. The number of fused-ring (bicyclic) bond motifs is 9. The number of rotatable bonds is 6. The van der Waals surface area contributed by atoms with Gasteiger partial charge in [-0.25, -0.2) is 4.99 Å². The van der Waals surface area contributed by atoms with E-state index >= 15 is 0 Å². The van der Waals surface area contributed by atoms with Crippen LogP contribution < -0.4 is 10.1 Å². The van der Waals surface area contributed by atoms with Crippen molar-refractivity contribution in [3.8, 4) is 44.9 Å². The fraction of sp³-hybridized carbons (Fsp3) is 0.0678. The molecule has 2 unspecified atom stereocenters. The van der Waals surface area contributed by atoms with E-state index in [1.807, 2.05) is 0 Å². The Kier molecular flexibility index (Phi) is 8.60. The second-order valence-corrected chi connectivity index (χ2v) is 16.6. The molecule has 0 saturated carbocycles. The van der Waals surface area contributed by atoms with E-state index in [2.05, 4.69) is 230 Å². The second-order valence-electron chi connectivity index (χ2n) is 16.6. The van der Waals surface area contributed by atoms with Gasteiger partial charge in [0.05, 0.1) is 17.2 Å². The summed E-state index contributed by atoms with van der Waals surface area (Å²) in [7, 11) is 0. The molecule has 2 heterocycles. The van der Waals surface area contributed by atoms with Crippen molar-refractivity contribution in [2.24, 2.45) is 10.9 Å². The Bertz CT molecular complexity index is 3130. The molecule has 3 heteroatoms. The number of hydrogen-bond acceptors (Lipinski definition) is 3. The highest BCUT2D eigenvalue weighted by Gasteiger charge is 2.51. The van der Waals surface area contributed by atoms with Crippen LogP contribution in [0.2, 0.25) is 0 Å². The summed E-state index contributed by atoms with van der Waals surface area (Å²) < 4.78 is 7.15. The molecular formula is C59H42N2O. The van der Waals surface area contributed by atoms with Crippen molar-refractivity contribution >= 4 is 17.1 Å². The zero-order chi connectivity index (χ0) is 41.0. The third kappa shape index (κ3) is 5.77. The highest BCUT2D eigenvalue weighted by molar-refractivity contribution is 5.98. The van der Waals surface area contributed by atoms with Crippen LogP contribution in [0.15, 0.2) is 229 Å². The van der Waals surface area contributed by atoms with E-state index in [1.165, 1.54) is 50.1 Å². The Labute approximate surface area is 362 Å². The second kappa shape index (κ2) is 14.8. The van der Waals surface area contributed by atoms with Gasteiger partial charge in [0, 0.05) is 28.2 Å². The third-order valence-electron chi connectivity index (χ3n) is 13.2. The lowest BCUT2D eigenvalue weighted by molar-refractivity contribution is 0.438. The molecule has 12 rings (SSSR count). The molecule has 0 bridgehead atoms. The van der Waals surface area contributed by atoms with Crippen LogP contribution in [0.25, 0.3) is 44.7 Å². The molecule has 62 heavy (non-hydrogen) atoms. The maximum atomic E-state index is 7.15. The maximum absolute atomic E-state index is 7.15. The first-order valence-corrected chi connectivity index (χ1v) is 21.6. The van der Waals surface area contributed by atoms with E-state index < -0.39 is 5.41 Å². The quantitative estimate of drug-likeness (QED) is 0.182. The zero-order valence-corrected chi connectivity index (χ0v) is 34.1. The van der Waals surface area contributed by atoms with Crippen LogP contribution in [0.5, 0.6) is 11.5 Å². The highest BCUT2D eigenvalue weighted by Crippen LogP contribution is 2.63. The summed E-state index contributed by atoms with van der Waals surface area (Å²) in [6.45, 7) is 0. The van der Waals surface area contributed by atoms with Gasteiger partial charge < -0.3 is 10.1 Å². The van der Waals surface area contributed by atoms with Crippen LogP contribution in [0.4, 0.5) is 0 Å². The lowest BCUT2D eigenvalue weighted by atomic mass is 9.65. The standard InChI is InChI=1S/C59H42N2O/c1-3-18-39(19-4-1)41-22-15-24-43(36-41)54-38-55(61-58(60-54)44-25-16-23-42(37-44)40-20-5-2-6-21-40)48-29-8-7-26-45(48)49-30-17-34-53-57(49)62-56-35-14-13-33-52(56)59(53)50-31-11-9-27-46(50)47-28-10-12-32-51(47)59/h1-36,38,44,54H,37H2,(H,60,61). The maximum Gasteiger partial charge on any atom is 0.140 e. The number of benzene rings is 8. The van der Waals surface area contributed by atoms with Gasteiger partial charge in [-0.3, -0.25) is 0 Å². The summed E-state index contributed by atoms with van der Waals surface area (Å²) >= 11 is 0. The molecule has 2 atom stereocenters. The Morgan fingerprint density at radius 2 is 1.08 bits per heavy atom. The Morgan fingerprint density at radius 3 is 1.84 bits per heavy atom. The van der Waals surface area contributed by atoms with Crippen molar-refractivity contribution < 1.29 is 4.74 Å². The Balaban J connectivity index is 1.03. The van der Waals surface area contributed by atoms with E-state index in [4.69, 9.17) is 9.73 Å². The van der Waals surface area contributed by atoms with Gasteiger partial charge in [-0.05, 0) is 80.3 Å². The van der Waals surface area contributed by atoms with E-state index in [0.717, 1.165) is 57.3 Å². The summed E-state index contributed by atoms with van der Waals surface area (Å²) in [6.07, 6.45) is 9.89. The number of ether oxygens (including phenoxy) is 1. The molecule has 0 aromatic heterocycles. The summed E-state index contributed by atoms with van der Waals surface area (Å²) in [4.78, 5) is 5.57. The van der Waals surface area contributed by atoms with Gasteiger partial charge in [0.1, 0.15) is 17.3 Å². The van der Waals surface area contributed by atoms with Crippen LogP contribution in [-0.4, -0.2) is 5.84 Å². The normalized spacial score (nSPS) is 17.6. The molecule has 4 aliphatic rings. The molecule has 3 nitrogen and oxygen atoms in total. The van der Waals surface area contributed by atoms with Gasteiger partial charge in [0.15, 0.2) is 0 Å². The summed E-state index contributed by atoms with van der Waals surface area (Å²) in [5.41, 5.74) is 17.1. The van der Waals surface area contributed by atoms with Gasteiger partial charge >= 0.3 is 0 Å². The zero-order valence-electron chi connectivity index (χ0n) is 34.1. The van der Waals surface area contributed by atoms with Crippen LogP contribution >= 0.6 is 0 Å². The van der Waals surface area contributed by atoms with E-state index in [0.29, 0.717) is 0 Å². The minimum Gasteiger partial charge on any atom is -0.456 e. The lowest BCUT2D eigenvalue weighted by Crippen LogP contribution is -2.35. The van der Waals surface area contributed by atoms with E-state index in [9.17, 15) is 0 Å². The predicted octanol–water partition coefficient (Wildman–Crippen LogP) is 14.2. The molecule has 1 spiro atoms. The molecular weight excluding hydrogens is 753 g/mol. The summed E-state index contributed by atoms with van der Waals surface area (Å²) in [5, 5.41) is 3.93. The van der Waals surface area contributed by atoms with Gasteiger partial charge in [-0.2, -0.15) is 0 Å². The monoisotopic (exact) mass is 794 g/mol. The van der Waals surface area contributed by atoms with Crippen molar-refractivity contribution in [3.63, 3.8) is 0 Å². The molecule has 2 aliphatic heterocycles. The van der Waals surface area contributed by atoms with Gasteiger partial charge in [-0.15, -0.1) is 0 Å².